The van der Waals surface area contributed by atoms with Crippen LogP contribution in [0.15, 0.2) is 18.3 Å². The molecule has 0 spiro atoms. The lowest BCUT2D eigenvalue weighted by molar-refractivity contribution is -0.134. The lowest BCUT2D eigenvalue weighted by Crippen LogP contribution is -2.56. The molecule has 0 aromatic carbocycles. The number of rotatable bonds is 8. The van der Waals surface area contributed by atoms with Crippen LogP contribution < -0.4 is 9.80 Å². The average Bonchev–Trinajstić information content (AvgIpc) is 3.38. The van der Waals surface area contributed by atoms with Gasteiger partial charge in [0, 0.05) is 55.3 Å². The molecule has 1 saturated carbocycles. The third kappa shape index (κ3) is 4.42. The third-order valence-electron chi connectivity index (χ3n) is 6.75. The van der Waals surface area contributed by atoms with Crippen molar-refractivity contribution in [2.75, 3.05) is 28.6 Å². The summed E-state index contributed by atoms with van der Waals surface area (Å²) in [7, 11) is -3.77. The Morgan fingerprint density at radius 1 is 1.18 bits per heavy atom. The molecule has 12 heteroatoms. The molecule has 2 unspecified atom stereocenters. The summed E-state index contributed by atoms with van der Waals surface area (Å²) in [6.45, 7) is 0.895. The fraction of sp³-hybridized carbons (Fsp3) is 0.619. The summed E-state index contributed by atoms with van der Waals surface area (Å²) in [4.78, 5) is 23.2. The largest absolute Gasteiger partial charge is 0.389 e. The quantitative estimate of drug-likeness (QED) is 0.581. The van der Waals surface area contributed by atoms with Gasteiger partial charge in [-0.25, -0.2) is 13.4 Å². The van der Waals surface area contributed by atoms with Crippen molar-refractivity contribution in [1.29, 1.82) is 0 Å². The Balaban J connectivity index is 1.38. The summed E-state index contributed by atoms with van der Waals surface area (Å²) in [5.74, 6) is 0.0726. The smallest absolute Gasteiger partial charge is 0.368 e. The number of alkyl halides is 3. The predicted octanol–water partition coefficient (Wildman–Crippen LogP) is 3.01. The van der Waals surface area contributed by atoms with Gasteiger partial charge < -0.3 is 9.88 Å². The molecule has 1 aliphatic carbocycles. The zero-order chi connectivity index (χ0) is 23.4. The number of carbonyl (C=O) groups excluding carboxylic acids is 1. The standard InChI is InChI=1S/C21H26F3N5O3S/c22-21(23,24)7-1-9-33(31,32)29-15-4-5-16(29)12-27(11-15)18-10-19(28(13-30)14-2-3-14)26-20-17(18)6-8-25-20/h6,8,10,13-16H,1-5,7,9,11-12H2,(H,25,26). The third-order valence-corrected chi connectivity index (χ3v) is 8.79. The molecule has 2 atom stereocenters. The molecule has 2 bridgehead atoms. The Kier molecular flexibility index (Phi) is 5.55. The van der Waals surface area contributed by atoms with E-state index in [0.29, 0.717) is 37.4 Å². The monoisotopic (exact) mass is 485 g/mol. The molecule has 2 aromatic heterocycles. The van der Waals surface area contributed by atoms with E-state index in [1.54, 1.807) is 11.1 Å². The molecule has 3 aliphatic rings. The normalized spacial score (nSPS) is 23.9. The zero-order valence-corrected chi connectivity index (χ0v) is 18.8. The summed E-state index contributed by atoms with van der Waals surface area (Å²) in [6, 6.07) is 3.39. The first kappa shape index (κ1) is 22.5. The number of anilines is 2. The van der Waals surface area contributed by atoms with E-state index in [1.807, 2.05) is 12.1 Å². The highest BCUT2D eigenvalue weighted by Crippen LogP contribution is 2.39. The highest BCUT2D eigenvalue weighted by Gasteiger charge is 2.46. The lowest BCUT2D eigenvalue weighted by atomic mass is 10.1. The van der Waals surface area contributed by atoms with Crippen LogP contribution in [0.2, 0.25) is 0 Å². The molecule has 33 heavy (non-hydrogen) atoms. The maximum Gasteiger partial charge on any atom is 0.389 e. The summed E-state index contributed by atoms with van der Waals surface area (Å²) in [5.41, 5.74) is 1.54. The van der Waals surface area contributed by atoms with Gasteiger partial charge in [-0.1, -0.05) is 0 Å². The second-order valence-electron chi connectivity index (χ2n) is 9.14. The number of sulfonamides is 1. The number of carbonyl (C=O) groups is 1. The minimum absolute atomic E-state index is 0.158. The number of nitrogens with zero attached hydrogens (tertiary/aromatic N) is 4. The minimum Gasteiger partial charge on any atom is -0.368 e. The molecular weight excluding hydrogens is 459 g/mol. The van der Waals surface area contributed by atoms with Crippen LogP contribution in [0.25, 0.3) is 11.0 Å². The van der Waals surface area contributed by atoms with E-state index in [4.69, 9.17) is 0 Å². The molecule has 8 nitrogen and oxygen atoms in total. The van der Waals surface area contributed by atoms with Crippen LogP contribution in [-0.2, 0) is 14.8 Å². The highest BCUT2D eigenvalue weighted by atomic mass is 32.2. The molecule has 4 heterocycles. The van der Waals surface area contributed by atoms with E-state index >= 15 is 0 Å². The van der Waals surface area contributed by atoms with E-state index < -0.39 is 34.8 Å². The number of aromatic nitrogens is 2. The van der Waals surface area contributed by atoms with Crippen molar-refractivity contribution in [3.63, 3.8) is 0 Å². The van der Waals surface area contributed by atoms with E-state index in [2.05, 4.69) is 14.9 Å². The van der Waals surface area contributed by atoms with Crippen LogP contribution in [-0.4, -0.2) is 72.2 Å². The van der Waals surface area contributed by atoms with Crippen molar-refractivity contribution in [1.82, 2.24) is 14.3 Å². The second kappa shape index (κ2) is 8.15. The Bertz CT molecular complexity index is 1130. The first-order valence-electron chi connectivity index (χ1n) is 11.2. The summed E-state index contributed by atoms with van der Waals surface area (Å²) < 4.78 is 64.7. The molecule has 5 rings (SSSR count). The molecule has 1 amide bonds. The van der Waals surface area contributed by atoms with Crippen LogP contribution in [0.3, 0.4) is 0 Å². The van der Waals surface area contributed by atoms with Gasteiger partial charge in [0.2, 0.25) is 16.4 Å². The number of halogens is 3. The fourth-order valence-electron chi connectivity index (χ4n) is 5.16. The number of piperazine rings is 1. The first-order chi connectivity index (χ1) is 15.7. The van der Waals surface area contributed by atoms with Gasteiger partial charge in [0.1, 0.15) is 11.5 Å². The molecule has 0 radical (unpaired) electrons. The summed E-state index contributed by atoms with van der Waals surface area (Å²) in [6.07, 6.45) is -0.0676. The topological polar surface area (TPSA) is 89.6 Å². The summed E-state index contributed by atoms with van der Waals surface area (Å²) >= 11 is 0. The Labute approximate surface area is 189 Å². The Hall–Kier alpha value is -2.34. The fourth-order valence-corrected chi connectivity index (χ4v) is 7.13. The van der Waals surface area contributed by atoms with Gasteiger partial charge in [-0.15, -0.1) is 0 Å². The molecule has 3 fully saturated rings. The number of aromatic amines is 1. The molecule has 2 aromatic rings. The number of pyridine rings is 1. The van der Waals surface area contributed by atoms with E-state index in [0.717, 1.165) is 30.3 Å². The maximum absolute atomic E-state index is 12.9. The van der Waals surface area contributed by atoms with Crippen LogP contribution >= 0.6 is 0 Å². The summed E-state index contributed by atoms with van der Waals surface area (Å²) in [5, 5.41) is 0.890. The maximum atomic E-state index is 12.9. The number of amides is 1. The van der Waals surface area contributed by atoms with Crippen LogP contribution in [0.5, 0.6) is 0 Å². The minimum atomic E-state index is -4.36. The molecular formula is C21H26F3N5O3S. The van der Waals surface area contributed by atoms with Crippen molar-refractivity contribution >= 4 is 39.0 Å². The molecule has 1 N–H and O–H groups in total. The van der Waals surface area contributed by atoms with Crippen molar-refractivity contribution in [3.8, 4) is 0 Å². The van der Waals surface area contributed by atoms with Gasteiger partial charge in [-0.05, 0) is 38.2 Å². The van der Waals surface area contributed by atoms with E-state index in [9.17, 15) is 26.4 Å². The van der Waals surface area contributed by atoms with E-state index in [1.165, 1.54) is 4.31 Å². The van der Waals surface area contributed by atoms with Gasteiger partial charge in [0.25, 0.3) is 0 Å². The van der Waals surface area contributed by atoms with E-state index in [-0.39, 0.29) is 18.1 Å². The van der Waals surface area contributed by atoms with Crippen LogP contribution in [0.4, 0.5) is 24.7 Å². The first-order valence-corrected chi connectivity index (χ1v) is 12.8. The SMILES string of the molecule is O=CN(c1cc(N2CC3CCC(C2)N3S(=O)(=O)CCCC(F)(F)F)c2cc[nH]c2n1)C1CC1. The predicted molar refractivity (Wildman–Crippen MR) is 118 cm³/mol. The lowest BCUT2D eigenvalue weighted by Gasteiger charge is -2.41. The highest BCUT2D eigenvalue weighted by molar-refractivity contribution is 7.89. The Morgan fingerprint density at radius 3 is 2.48 bits per heavy atom. The van der Waals surface area contributed by atoms with Crippen molar-refractivity contribution in [2.24, 2.45) is 0 Å². The van der Waals surface area contributed by atoms with Crippen LogP contribution in [0.1, 0.15) is 38.5 Å². The Morgan fingerprint density at radius 2 is 1.88 bits per heavy atom. The number of fused-ring (bicyclic) bond motifs is 3. The van der Waals surface area contributed by atoms with Gasteiger partial charge in [-0.3, -0.25) is 9.69 Å². The van der Waals surface area contributed by atoms with Gasteiger partial charge >= 0.3 is 6.18 Å². The number of hydrogen-bond donors (Lipinski definition) is 1. The van der Waals surface area contributed by atoms with Crippen molar-refractivity contribution < 1.29 is 26.4 Å². The van der Waals surface area contributed by atoms with Gasteiger partial charge in [-0.2, -0.15) is 17.5 Å². The van der Waals surface area contributed by atoms with Gasteiger partial charge in [0.15, 0.2) is 0 Å². The van der Waals surface area contributed by atoms with Gasteiger partial charge in [0.05, 0.1) is 11.4 Å². The zero-order valence-electron chi connectivity index (χ0n) is 18.0. The molecule has 180 valence electrons. The molecule has 2 aliphatic heterocycles. The second-order valence-corrected chi connectivity index (χ2v) is 11.1. The average molecular weight is 486 g/mol. The molecule has 2 saturated heterocycles. The van der Waals surface area contributed by atoms with Crippen molar-refractivity contribution in [2.45, 2.75) is 62.8 Å². The van der Waals surface area contributed by atoms with Crippen molar-refractivity contribution in [3.05, 3.63) is 18.3 Å². The number of H-pyrrole nitrogens is 1. The van der Waals surface area contributed by atoms with Crippen LogP contribution in [0, 0.1) is 0 Å². The number of hydrogen-bond acceptors (Lipinski definition) is 5. The number of nitrogens with one attached hydrogen (secondary N) is 1.